The maximum Gasteiger partial charge on any atom is 0.416 e. The Balaban J connectivity index is 1.53. The molecule has 1 aromatic heterocycles. The van der Waals surface area contributed by atoms with Gasteiger partial charge in [0.15, 0.2) is 5.78 Å². The van der Waals surface area contributed by atoms with Crippen molar-refractivity contribution >= 4 is 23.2 Å². The third-order valence-corrected chi connectivity index (χ3v) is 7.14. The number of piperazine rings is 1. The highest BCUT2D eigenvalue weighted by Crippen LogP contribution is 2.34. The molecule has 0 spiro atoms. The number of pyridine rings is 1. The Kier molecular flexibility index (Phi) is 9.48. The number of anilines is 1. The molecule has 0 radical (unpaired) electrons. The topological polar surface area (TPSA) is 74.5 Å². The van der Waals surface area contributed by atoms with Crippen molar-refractivity contribution in [3.05, 3.63) is 92.6 Å². The van der Waals surface area contributed by atoms with Gasteiger partial charge in [0.05, 0.1) is 16.1 Å². The lowest BCUT2D eigenvalue weighted by atomic mass is 9.97. The normalized spacial score (nSPS) is 14.6. The van der Waals surface area contributed by atoms with Gasteiger partial charge in [0.25, 0.3) is 0 Å². The third-order valence-electron chi connectivity index (χ3n) is 6.81. The molecule has 3 aromatic rings. The molecule has 2 heterocycles. The van der Waals surface area contributed by atoms with Gasteiger partial charge in [-0.2, -0.15) is 13.2 Å². The van der Waals surface area contributed by atoms with Crippen LogP contribution in [0.15, 0.2) is 48.7 Å². The smallest absolute Gasteiger partial charge is 0.383 e. The summed E-state index contributed by atoms with van der Waals surface area (Å²) in [5.41, 5.74) is 7.90. The number of nitrogen functional groups attached to an aromatic ring is 1. The van der Waals surface area contributed by atoms with Crippen LogP contribution in [0.25, 0.3) is 0 Å². The number of carbonyl (C=O) groups is 1. The summed E-state index contributed by atoms with van der Waals surface area (Å²) in [6.45, 7) is 3.86. The Labute approximate surface area is 237 Å². The first-order valence-corrected chi connectivity index (χ1v) is 13.2. The van der Waals surface area contributed by atoms with Crippen LogP contribution >= 0.6 is 11.6 Å². The average molecular weight is 570 g/mol. The van der Waals surface area contributed by atoms with Crippen LogP contribution in [0.4, 0.5) is 19.0 Å². The van der Waals surface area contributed by atoms with Gasteiger partial charge < -0.3 is 16.0 Å². The highest BCUT2D eigenvalue weighted by Gasteiger charge is 2.34. The van der Waals surface area contributed by atoms with Gasteiger partial charge in [0, 0.05) is 63.0 Å². The number of alkyl halides is 3. The second-order valence-corrected chi connectivity index (χ2v) is 10.3. The molecule has 40 heavy (non-hydrogen) atoms. The molecule has 0 bridgehead atoms. The van der Waals surface area contributed by atoms with Crippen molar-refractivity contribution in [2.45, 2.75) is 25.7 Å². The minimum Gasteiger partial charge on any atom is -0.383 e. The van der Waals surface area contributed by atoms with Crippen LogP contribution in [0.5, 0.6) is 0 Å². The van der Waals surface area contributed by atoms with Crippen LogP contribution in [-0.4, -0.2) is 60.8 Å². The molecule has 0 amide bonds. The third kappa shape index (κ3) is 7.61. The average Bonchev–Trinajstić information content (AvgIpc) is 2.91. The number of nitrogens with two attached hydrogens (primary N) is 1. The number of halogens is 4. The van der Waals surface area contributed by atoms with E-state index in [1.165, 1.54) is 6.07 Å². The van der Waals surface area contributed by atoms with Gasteiger partial charge in [0.1, 0.15) is 5.82 Å². The van der Waals surface area contributed by atoms with Gasteiger partial charge >= 0.3 is 6.18 Å². The Bertz CT molecular complexity index is 1440. The number of ketones is 1. The van der Waals surface area contributed by atoms with Gasteiger partial charge in [-0.15, -0.1) is 0 Å². The van der Waals surface area contributed by atoms with Gasteiger partial charge in [-0.25, -0.2) is 4.98 Å². The lowest BCUT2D eigenvalue weighted by molar-refractivity contribution is -0.138. The summed E-state index contributed by atoms with van der Waals surface area (Å²) >= 11 is 6.32. The quantitative estimate of drug-likeness (QED) is 0.319. The molecule has 10 heteroatoms. The van der Waals surface area contributed by atoms with E-state index in [9.17, 15) is 18.0 Å². The number of Topliss-reactive ketones (excluding diaryl/α,β-unsaturated/α-hetero) is 1. The Morgan fingerprint density at radius 3 is 2.48 bits per heavy atom. The molecule has 210 valence electrons. The molecule has 0 atom stereocenters. The Hall–Kier alpha value is -3.42. The second kappa shape index (κ2) is 12.8. The van der Waals surface area contributed by atoms with Gasteiger partial charge in [-0.1, -0.05) is 35.6 Å². The summed E-state index contributed by atoms with van der Waals surface area (Å²) < 4.78 is 41.9. The number of likely N-dealkylation sites (N-methyl/N-ethyl adjacent to an activating group) is 1. The second-order valence-electron chi connectivity index (χ2n) is 9.92. The monoisotopic (exact) mass is 569 g/mol. The molecule has 1 aliphatic heterocycles. The van der Waals surface area contributed by atoms with Crippen LogP contribution < -0.4 is 11.1 Å². The number of hydrogen-bond donors (Lipinski definition) is 2. The number of benzene rings is 2. The summed E-state index contributed by atoms with van der Waals surface area (Å²) in [4.78, 5) is 21.4. The van der Waals surface area contributed by atoms with Crippen molar-refractivity contribution in [1.82, 2.24) is 20.1 Å². The molecule has 6 nitrogen and oxygen atoms in total. The number of hydrogen-bond acceptors (Lipinski definition) is 6. The van der Waals surface area contributed by atoms with Crippen molar-refractivity contribution in [2.75, 3.05) is 46.0 Å². The van der Waals surface area contributed by atoms with Gasteiger partial charge in [-0.05, 0) is 61.1 Å². The molecule has 0 unspecified atom stereocenters. The lowest BCUT2D eigenvalue weighted by Crippen LogP contribution is -2.44. The van der Waals surface area contributed by atoms with Gasteiger partial charge in [-0.3, -0.25) is 9.69 Å². The number of rotatable bonds is 7. The first kappa shape index (κ1) is 29.6. The molecule has 0 saturated carbocycles. The molecule has 0 aliphatic carbocycles. The summed E-state index contributed by atoms with van der Waals surface area (Å²) in [6.07, 6.45) is -3.05. The number of nitrogens with zero attached hydrogens (tertiary/aromatic N) is 3. The molecular formula is C30H31ClF3N5O. The fourth-order valence-electron chi connectivity index (χ4n) is 4.52. The standard InChI is InChI=1S/C30H31ClF3N5O/c1-36-17-21-13-24(29(35)37-18-21)6-5-22-16-23(7-8-27(22)31)28(40)15-20-3-4-25(26(14-20)30(32,33)34)19-39-11-9-38(2)10-12-39/h3-4,7-8,13-14,16,18,36H,9-12,15,17,19H2,1-2H3,(H2,35,37). The SMILES string of the molecule is CNCc1cnc(N)c(C#Cc2cc(C(=O)Cc3ccc(CN4CCN(C)CC4)c(C(F)(F)F)c3)ccc2Cl)c1. The molecule has 4 rings (SSSR count). The van der Waals surface area contributed by atoms with E-state index in [-0.39, 0.29) is 30.1 Å². The van der Waals surface area contributed by atoms with E-state index in [2.05, 4.69) is 27.0 Å². The number of carbonyl (C=O) groups excluding carboxylic acids is 1. The largest absolute Gasteiger partial charge is 0.416 e. The van der Waals surface area contributed by atoms with Crippen molar-refractivity contribution in [3.8, 4) is 11.8 Å². The fraction of sp³-hybridized carbons (Fsp3) is 0.333. The van der Waals surface area contributed by atoms with E-state index in [1.807, 2.05) is 25.1 Å². The van der Waals surface area contributed by atoms with E-state index in [4.69, 9.17) is 17.3 Å². The predicted octanol–water partition coefficient (Wildman–Crippen LogP) is 4.63. The van der Waals surface area contributed by atoms with Crippen molar-refractivity contribution in [1.29, 1.82) is 0 Å². The van der Waals surface area contributed by atoms with E-state index in [0.717, 1.165) is 24.7 Å². The maximum atomic E-state index is 14.0. The summed E-state index contributed by atoms with van der Waals surface area (Å²) in [7, 11) is 3.81. The first-order chi connectivity index (χ1) is 19.0. The summed E-state index contributed by atoms with van der Waals surface area (Å²) in [5, 5.41) is 3.38. The van der Waals surface area contributed by atoms with Crippen molar-refractivity contribution < 1.29 is 18.0 Å². The summed E-state index contributed by atoms with van der Waals surface area (Å²) in [5.74, 6) is 5.84. The highest BCUT2D eigenvalue weighted by molar-refractivity contribution is 6.31. The maximum absolute atomic E-state index is 14.0. The zero-order chi connectivity index (χ0) is 28.9. The lowest BCUT2D eigenvalue weighted by Gasteiger charge is -2.33. The molecule has 2 aromatic carbocycles. The highest BCUT2D eigenvalue weighted by atomic mass is 35.5. The van der Waals surface area contributed by atoms with Gasteiger partial charge in [0.2, 0.25) is 0 Å². The van der Waals surface area contributed by atoms with Crippen molar-refractivity contribution in [2.24, 2.45) is 0 Å². The number of nitrogens with one attached hydrogen (secondary N) is 1. The van der Waals surface area contributed by atoms with E-state index in [0.29, 0.717) is 46.9 Å². The summed E-state index contributed by atoms with van der Waals surface area (Å²) in [6, 6.07) is 10.6. The van der Waals surface area contributed by atoms with E-state index in [1.54, 1.807) is 30.5 Å². The minimum absolute atomic E-state index is 0.185. The van der Waals surface area contributed by atoms with Crippen molar-refractivity contribution in [3.63, 3.8) is 0 Å². The van der Waals surface area contributed by atoms with Crippen LogP contribution in [-0.2, 0) is 25.7 Å². The zero-order valence-corrected chi connectivity index (χ0v) is 23.2. The van der Waals surface area contributed by atoms with Crippen LogP contribution in [0.3, 0.4) is 0 Å². The predicted molar refractivity (Wildman–Crippen MR) is 151 cm³/mol. The molecule has 1 fully saturated rings. The molecule has 1 saturated heterocycles. The Morgan fingerprint density at radius 1 is 1.05 bits per heavy atom. The molecule has 1 aliphatic rings. The first-order valence-electron chi connectivity index (χ1n) is 12.9. The fourth-order valence-corrected chi connectivity index (χ4v) is 4.68. The molecular weight excluding hydrogens is 539 g/mol. The Morgan fingerprint density at radius 2 is 1.77 bits per heavy atom. The zero-order valence-electron chi connectivity index (χ0n) is 22.4. The van der Waals surface area contributed by atoms with Crippen LogP contribution in [0.2, 0.25) is 5.02 Å². The van der Waals surface area contributed by atoms with Crippen LogP contribution in [0.1, 0.15) is 43.7 Å². The molecule has 3 N–H and O–H groups in total. The number of aromatic nitrogens is 1. The van der Waals surface area contributed by atoms with Crippen LogP contribution in [0, 0.1) is 11.8 Å². The van der Waals surface area contributed by atoms with E-state index < -0.39 is 11.7 Å². The minimum atomic E-state index is -4.52. The van der Waals surface area contributed by atoms with E-state index >= 15 is 0 Å².